The van der Waals surface area contributed by atoms with E-state index in [-0.39, 0.29) is 16.8 Å². The Labute approximate surface area is 163 Å². The molecular weight excluding hydrogens is 376 g/mol. The zero-order valence-corrected chi connectivity index (χ0v) is 16.6. The van der Waals surface area contributed by atoms with E-state index in [2.05, 4.69) is 14.7 Å². The molecule has 0 saturated heterocycles. The topological polar surface area (TPSA) is 95.2 Å². The predicted molar refractivity (Wildman–Crippen MR) is 106 cm³/mol. The number of nitrogens with one attached hydrogen (secondary N) is 2. The van der Waals surface area contributed by atoms with E-state index in [9.17, 15) is 13.2 Å². The van der Waals surface area contributed by atoms with Gasteiger partial charge in [0.25, 0.3) is 5.91 Å². The van der Waals surface area contributed by atoms with Gasteiger partial charge in [-0.05, 0) is 49.6 Å². The Bertz CT molecular complexity index is 1120. The standard InChI is InChI=1S/C20H22N4O3S/c1-13-7-10-15(28(26,27)23-14-8-9-14)11-16(13)20(25)24(2)12-19-21-17-5-3-4-6-18(17)22-19/h3-7,10-11,14,23H,8-9,12H2,1-2H3,(H,21,22). The van der Waals surface area contributed by atoms with Gasteiger partial charge in [-0.25, -0.2) is 18.1 Å². The Morgan fingerprint density at radius 1 is 1.25 bits per heavy atom. The van der Waals surface area contributed by atoms with Gasteiger partial charge in [0.2, 0.25) is 10.0 Å². The molecule has 3 aromatic rings. The van der Waals surface area contributed by atoms with Crippen LogP contribution in [0.1, 0.15) is 34.6 Å². The number of fused-ring (bicyclic) bond motifs is 1. The van der Waals surface area contributed by atoms with Crippen LogP contribution in [0, 0.1) is 6.92 Å². The summed E-state index contributed by atoms with van der Waals surface area (Å²) in [7, 11) is -1.93. The predicted octanol–water partition coefficient (Wildman–Crippen LogP) is 2.58. The fourth-order valence-electron chi connectivity index (χ4n) is 3.07. The number of aromatic amines is 1. The van der Waals surface area contributed by atoms with Crippen LogP contribution < -0.4 is 4.72 Å². The highest BCUT2D eigenvalue weighted by atomic mass is 32.2. The van der Waals surface area contributed by atoms with Crippen molar-refractivity contribution in [1.82, 2.24) is 19.6 Å². The van der Waals surface area contributed by atoms with Crippen LogP contribution in [0.25, 0.3) is 11.0 Å². The van der Waals surface area contributed by atoms with E-state index >= 15 is 0 Å². The van der Waals surface area contributed by atoms with Gasteiger partial charge in [-0.3, -0.25) is 4.79 Å². The lowest BCUT2D eigenvalue weighted by Crippen LogP contribution is -2.29. The zero-order valence-electron chi connectivity index (χ0n) is 15.8. The lowest BCUT2D eigenvalue weighted by molar-refractivity contribution is 0.0781. The molecule has 28 heavy (non-hydrogen) atoms. The number of rotatable bonds is 6. The fraction of sp³-hybridized carbons (Fsp3) is 0.300. The van der Waals surface area contributed by atoms with E-state index in [1.54, 1.807) is 20.0 Å². The van der Waals surface area contributed by atoms with Crippen molar-refractivity contribution < 1.29 is 13.2 Å². The fourth-order valence-corrected chi connectivity index (χ4v) is 4.40. The molecule has 1 amide bonds. The van der Waals surface area contributed by atoms with Crippen molar-refractivity contribution in [1.29, 1.82) is 0 Å². The monoisotopic (exact) mass is 398 g/mol. The number of amides is 1. The van der Waals surface area contributed by atoms with Gasteiger partial charge in [0, 0.05) is 18.7 Å². The SMILES string of the molecule is Cc1ccc(S(=O)(=O)NC2CC2)cc1C(=O)N(C)Cc1nc2ccccc2[nH]1. The van der Waals surface area contributed by atoms with Crippen LogP contribution in [0.3, 0.4) is 0 Å². The third kappa shape index (κ3) is 3.79. The lowest BCUT2D eigenvalue weighted by Gasteiger charge is -2.18. The van der Waals surface area contributed by atoms with E-state index in [4.69, 9.17) is 0 Å². The summed E-state index contributed by atoms with van der Waals surface area (Å²) in [5.74, 6) is 0.426. The van der Waals surface area contributed by atoms with Crippen LogP contribution in [0.2, 0.25) is 0 Å². The summed E-state index contributed by atoms with van der Waals surface area (Å²) >= 11 is 0. The van der Waals surface area contributed by atoms with Crippen molar-refractivity contribution in [2.24, 2.45) is 0 Å². The van der Waals surface area contributed by atoms with Crippen molar-refractivity contribution >= 4 is 27.0 Å². The molecule has 4 rings (SSSR count). The molecule has 0 unspecified atom stereocenters. The second-order valence-corrected chi connectivity index (χ2v) is 8.95. The molecule has 1 aliphatic rings. The van der Waals surface area contributed by atoms with E-state index in [1.165, 1.54) is 17.0 Å². The minimum atomic E-state index is -3.61. The van der Waals surface area contributed by atoms with E-state index in [1.807, 2.05) is 24.3 Å². The number of hydrogen-bond acceptors (Lipinski definition) is 4. The highest BCUT2D eigenvalue weighted by Crippen LogP contribution is 2.24. The summed E-state index contributed by atoms with van der Waals surface area (Å²) in [5.41, 5.74) is 2.85. The molecule has 1 saturated carbocycles. The molecule has 0 aliphatic heterocycles. The summed E-state index contributed by atoms with van der Waals surface area (Å²) in [5, 5.41) is 0. The highest BCUT2D eigenvalue weighted by molar-refractivity contribution is 7.89. The van der Waals surface area contributed by atoms with Crippen molar-refractivity contribution in [3.8, 4) is 0 Å². The van der Waals surface area contributed by atoms with Gasteiger partial charge in [-0.15, -0.1) is 0 Å². The Morgan fingerprint density at radius 2 is 2.00 bits per heavy atom. The Hall–Kier alpha value is -2.71. The molecule has 1 aromatic heterocycles. The first-order valence-electron chi connectivity index (χ1n) is 9.15. The number of nitrogens with zero attached hydrogens (tertiary/aromatic N) is 2. The molecule has 8 heteroatoms. The highest BCUT2D eigenvalue weighted by Gasteiger charge is 2.29. The van der Waals surface area contributed by atoms with Crippen molar-refractivity contribution in [3.05, 3.63) is 59.4 Å². The van der Waals surface area contributed by atoms with Gasteiger partial charge in [-0.1, -0.05) is 18.2 Å². The molecule has 0 atom stereocenters. The third-order valence-electron chi connectivity index (χ3n) is 4.82. The minimum Gasteiger partial charge on any atom is -0.340 e. The number of sulfonamides is 1. The quantitative estimate of drug-likeness (QED) is 0.667. The summed E-state index contributed by atoms with van der Waals surface area (Å²) in [4.78, 5) is 22.3. The van der Waals surface area contributed by atoms with Gasteiger partial charge in [0.05, 0.1) is 22.5 Å². The van der Waals surface area contributed by atoms with Crippen LogP contribution in [-0.4, -0.2) is 42.3 Å². The smallest absolute Gasteiger partial charge is 0.254 e. The first-order valence-corrected chi connectivity index (χ1v) is 10.6. The number of benzene rings is 2. The van der Waals surface area contributed by atoms with Crippen LogP contribution in [0.15, 0.2) is 47.4 Å². The maximum Gasteiger partial charge on any atom is 0.254 e. The van der Waals surface area contributed by atoms with Crippen molar-refractivity contribution in [2.45, 2.75) is 37.2 Å². The number of imidazole rings is 1. The molecule has 0 bridgehead atoms. The third-order valence-corrected chi connectivity index (χ3v) is 6.34. The average Bonchev–Trinajstić information content (AvgIpc) is 3.36. The second-order valence-electron chi connectivity index (χ2n) is 7.23. The molecule has 7 nitrogen and oxygen atoms in total. The number of hydrogen-bond donors (Lipinski definition) is 2. The van der Waals surface area contributed by atoms with E-state index < -0.39 is 10.0 Å². The molecule has 2 aromatic carbocycles. The van der Waals surface area contributed by atoms with Gasteiger partial charge in [0.15, 0.2) is 0 Å². The van der Waals surface area contributed by atoms with Crippen LogP contribution in [0.4, 0.5) is 0 Å². The first kappa shape index (κ1) is 18.6. The number of H-pyrrole nitrogens is 1. The van der Waals surface area contributed by atoms with Gasteiger partial charge in [-0.2, -0.15) is 0 Å². The van der Waals surface area contributed by atoms with Crippen LogP contribution in [0.5, 0.6) is 0 Å². The number of aryl methyl sites for hydroxylation is 1. The van der Waals surface area contributed by atoms with E-state index in [0.29, 0.717) is 17.9 Å². The summed E-state index contributed by atoms with van der Waals surface area (Å²) in [6.07, 6.45) is 1.72. The van der Waals surface area contributed by atoms with Gasteiger partial charge >= 0.3 is 0 Å². The molecule has 0 spiro atoms. The van der Waals surface area contributed by atoms with Crippen LogP contribution >= 0.6 is 0 Å². The molecule has 2 N–H and O–H groups in total. The van der Waals surface area contributed by atoms with Crippen molar-refractivity contribution in [2.75, 3.05) is 7.05 Å². The van der Waals surface area contributed by atoms with Crippen molar-refractivity contribution in [3.63, 3.8) is 0 Å². The Balaban J connectivity index is 1.56. The largest absolute Gasteiger partial charge is 0.340 e. The molecule has 0 radical (unpaired) electrons. The average molecular weight is 398 g/mol. The number of para-hydroxylation sites is 2. The molecule has 1 aliphatic carbocycles. The molecular formula is C20H22N4O3S. The Morgan fingerprint density at radius 3 is 2.71 bits per heavy atom. The van der Waals surface area contributed by atoms with Gasteiger partial charge < -0.3 is 9.88 Å². The summed E-state index contributed by atoms with van der Waals surface area (Å²) in [6, 6.07) is 12.3. The number of carbonyl (C=O) groups excluding carboxylic acids is 1. The molecule has 1 fully saturated rings. The molecule has 146 valence electrons. The minimum absolute atomic E-state index is 0.0150. The van der Waals surface area contributed by atoms with Crippen LogP contribution in [-0.2, 0) is 16.6 Å². The maximum absolute atomic E-state index is 13.0. The summed E-state index contributed by atoms with van der Waals surface area (Å²) in [6.45, 7) is 2.09. The first-order chi connectivity index (χ1) is 13.3. The Kier molecular flexibility index (Phi) is 4.68. The maximum atomic E-state index is 13.0. The summed E-state index contributed by atoms with van der Waals surface area (Å²) < 4.78 is 27.6. The second kappa shape index (κ2) is 7.03. The number of carbonyl (C=O) groups is 1. The van der Waals surface area contributed by atoms with E-state index in [0.717, 1.165) is 29.4 Å². The lowest BCUT2D eigenvalue weighted by atomic mass is 10.1. The normalized spacial score (nSPS) is 14.4. The molecule has 1 heterocycles. The zero-order chi connectivity index (χ0) is 19.9. The van der Waals surface area contributed by atoms with Gasteiger partial charge in [0.1, 0.15) is 5.82 Å². The number of aromatic nitrogens is 2.